The van der Waals surface area contributed by atoms with Crippen LogP contribution in [0, 0.1) is 0 Å². The number of cyclic esters (lactones) is 1. The number of hydrogen-bond acceptors (Lipinski definition) is 4. The van der Waals surface area contributed by atoms with E-state index in [4.69, 9.17) is 10.5 Å². The average molecular weight is 212 g/mol. The lowest BCUT2D eigenvalue weighted by molar-refractivity contribution is 0.138. The molecule has 1 aliphatic rings. The van der Waals surface area contributed by atoms with Gasteiger partial charge in [-0.3, -0.25) is 4.90 Å². The lowest BCUT2D eigenvalue weighted by Crippen LogP contribution is -2.24. The van der Waals surface area contributed by atoms with Crippen LogP contribution in [-0.4, -0.2) is 25.3 Å². The van der Waals surface area contributed by atoms with Crippen LogP contribution in [0.3, 0.4) is 0 Å². The summed E-state index contributed by atoms with van der Waals surface area (Å²) < 4.78 is 5.15. The highest BCUT2D eigenvalue weighted by Crippen LogP contribution is 2.26. The van der Waals surface area contributed by atoms with Gasteiger partial charge in [0.2, 0.25) is 0 Å². The molecule has 2 N–H and O–H groups in total. The Morgan fingerprint density at radius 1 is 1.71 bits per heavy atom. The van der Waals surface area contributed by atoms with Crippen LogP contribution in [0.15, 0.2) is 17.5 Å². The van der Waals surface area contributed by atoms with Crippen LogP contribution in [0.25, 0.3) is 0 Å². The normalized spacial score (nSPS) is 21.4. The van der Waals surface area contributed by atoms with Gasteiger partial charge < -0.3 is 10.5 Å². The van der Waals surface area contributed by atoms with Crippen LogP contribution in [-0.2, 0) is 4.74 Å². The van der Waals surface area contributed by atoms with Crippen LogP contribution in [0.5, 0.6) is 0 Å². The molecule has 0 aliphatic carbocycles. The fourth-order valence-electron chi connectivity index (χ4n) is 1.46. The van der Waals surface area contributed by atoms with Gasteiger partial charge in [-0.2, -0.15) is 0 Å². The van der Waals surface area contributed by atoms with Crippen molar-refractivity contribution >= 4 is 22.4 Å². The fourth-order valence-corrected chi connectivity index (χ4v) is 2.19. The highest BCUT2D eigenvalue weighted by atomic mass is 32.1. The summed E-state index contributed by atoms with van der Waals surface area (Å²) >= 11 is 1.54. The molecule has 0 saturated carbocycles. The van der Waals surface area contributed by atoms with E-state index in [1.54, 1.807) is 4.90 Å². The maximum Gasteiger partial charge on any atom is 0.415 e. The highest BCUT2D eigenvalue weighted by molar-refractivity contribution is 7.14. The second-order valence-corrected chi connectivity index (χ2v) is 4.07. The van der Waals surface area contributed by atoms with Crippen molar-refractivity contribution < 1.29 is 9.53 Å². The van der Waals surface area contributed by atoms with E-state index in [0.29, 0.717) is 13.1 Å². The lowest BCUT2D eigenvalue weighted by Gasteiger charge is -2.08. The van der Waals surface area contributed by atoms with Crippen LogP contribution in [0.1, 0.15) is 6.42 Å². The summed E-state index contributed by atoms with van der Waals surface area (Å²) in [5.74, 6) is 0. The molecule has 76 valence electrons. The van der Waals surface area contributed by atoms with E-state index in [1.807, 2.05) is 17.5 Å². The maximum atomic E-state index is 11.4. The predicted molar refractivity (Wildman–Crippen MR) is 55.6 cm³/mol. The lowest BCUT2D eigenvalue weighted by atomic mass is 10.2. The Morgan fingerprint density at radius 2 is 2.57 bits per heavy atom. The molecule has 1 aromatic rings. The zero-order valence-corrected chi connectivity index (χ0v) is 8.50. The minimum absolute atomic E-state index is 0.0467. The van der Waals surface area contributed by atoms with Gasteiger partial charge in [-0.05, 0) is 30.5 Å². The summed E-state index contributed by atoms with van der Waals surface area (Å²) in [7, 11) is 0. The van der Waals surface area contributed by atoms with E-state index < -0.39 is 0 Å². The van der Waals surface area contributed by atoms with Gasteiger partial charge in [0, 0.05) is 0 Å². The summed E-state index contributed by atoms with van der Waals surface area (Å²) in [6, 6.07) is 3.83. The molecule has 0 radical (unpaired) electrons. The maximum absolute atomic E-state index is 11.4. The number of carbonyl (C=O) groups is 1. The third kappa shape index (κ3) is 1.73. The molecule has 1 atom stereocenters. The monoisotopic (exact) mass is 212 g/mol. The number of thiophene rings is 1. The minimum atomic E-state index is -0.258. The first-order valence-corrected chi connectivity index (χ1v) is 5.41. The molecule has 4 nitrogen and oxygen atoms in total. The fraction of sp³-hybridized carbons (Fsp3) is 0.444. The van der Waals surface area contributed by atoms with Crippen molar-refractivity contribution in [2.45, 2.75) is 12.5 Å². The molecule has 1 unspecified atom stereocenters. The molecule has 0 aromatic carbocycles. The molecule has 2 rings (SSSR count). The summed E-state index contributed by atoms with van der Waals surface area (Å²) in [6.07, 6.45) is 0.425. The van der Waals surface area contributed by atoms with Gasteiger partial charge >= 0.3 is 6.09 Å². The first-order chi connectivity index (χ1) is 6.81. The molecular weight excluding hydrogens is 200 g/mol. The van der Waals surface area contributed by atoms with Crippen LogP contribution in [0.2, 0.25) is 0 Å². The number of nitrogens with two attached hydrogens (primary N) is 1. The molecule has 5 heteroatoms. The number of ether oxygens (including phenoxy) is 1. The number of carbonyl (C=O) groups excluding carboxylic acids is 1. The van der Waals surface area contributed by atoms with E-state index in [0.717, 1.165) is 11.4 Å². The van der Waals surface area contributed by atoms with Crippen molar-refractivity contribution in [3.05, 3.63) is 17.5 Å². The zero-order valence-electron chi connectivity index (χ0n) is 7.68. The SMILES string of the molecule is NCCC1CN(c2cccs2)C(=O)O1. The predicted octanol–water partition coefficient (Wildman–Crippen LogP) is 1.42. The van der Waals surface area contributed by atoms with Gasteiger partial charge in [0.15, 0.2) is 0 Å². The molecule has 2 heterocycles. The molecule has 0 spiro atoms. The standard InChI is InChI=1S/C9H12N2O2S/c10-4-3-7-6-11(9(12)13-7)8-2-1-5-14-8/h1-2,5,7H,3-4,6,10H2. The number of nitrogens with zero attached hydrogens (tertiary/aromatic N) is 1. The molecule has 1 aliphatic heterocycles. The minimum Gasteiger partial charge on any atom is -0.444 e. The van der Waals surface area contributed by atoms with Gasteiger partial charge in [0.1, 0.15) is 11.1 Å². The van der Waals surface area contributed by atoms with E-state index in [1.165, 1.54) is 11.3 Å². The first-order valence-electron chi connectivity index (χ1n) is 4.53. The van der Waals surface area contributed by atoms with Gasteiger partial charge in [-0.1, -0.05) is 0 Å². The molecule has 1 amide bonds. The quantitative estimate of drug-likeness (QED) is 0.824. The Bertz CT molecular complexity index is 313. The van der Waals surface area contributed by atoms with Crippen LogP contribution < -0.4 is 10.6 Å². The van der Waals surface area contributed by atoms with Crippen LogP contribution >= 0.6 is 11.3 Å². The second-order valence-electron chi connectivity index (χ2n) is 3.15. The first kappa shape index (κ1) is 9.48. The summed E-state index contributed by atoms with van der Waals surface area (Å²) in [5.41, 5.74) is 5.41. The summed E-state index contributed by atoms with van der Waals surface area (Å²) in [4.78, 5) is 13.1. The molecule has 14 heavy (non-hydrogen) atoms. The Balaban J connectivity index is 2.05. The van der Waals surface area contributed by atoms with Crippen molar-refractivity contribution in [3.63, 3.8) is 0 Å². The Hall–Kier alpha value is -1.07. The molecule has 1 aromatic heterocycles. The van der Waals surface area contributed by atoms with Crippen molar-refractivity contribution in [1.82, 2.24) is 0 Å². The number of hydrogen-bond donors (Lipinski definition) is 1. The van der Waals surface area contributed by atoms with Gasteiger partial charge in [-0.25, -0.2) is 4.79 Å². The van der Waals surface area contributed by atoms with Gasteiger partial charge in [0.05, 0.1) is 6.54 Å². The van der Waals surface area contributed by atoms with Gasteiger partial charge in [0.25, 0.3) is 0 Å². The topological polar surface area (TPSA) is 55.6 Å². The molecular formula is C9H12N2O2S. The Kier molecular flexibility index (Phi) is 2.69. The van der Waals surface area contributed by atoms with E-state index in [9.17, 15) is 4.79 Å². The number of amides is 1. The summed E-state index contributed by atoms with van der Waals surface area (Å²) in [5, 5.41) is 2.88. The van der Waals surface area contributed by atoms with Crippen molar-refractivity contribution in [2.24, 2.45) is 5.73 Å². The molecule has 1 fully saturated rings. The highest BCUT2D eigenvalue weighted by Gasteiger charge is 2.31. The summed E-state index contributed by atoms with van der Waals surface area (Å²) in [6.45, 7) is 1.17. The van der Waals surface area contributed by atoms with Gasteiger partial charge in [-0.15, -0.1) is 11.3 Å². The van der Waals surface area contributed by atoms with E-state index in [-0.39, 0.29) is 12.2 Å². The molecule has 0 bridgehead atoms. The van der Waals surface area contributed by atoms with E-state index in [2.05, 4.69) is 0 Å². The van der Waals surface area contributed by atoms with Crippen LogP contribution in [0.4, 0.5) is 9.80 Å². The number of rotatable bonds is 3. The number of anilines is 1. The third-order valence-corrected chi connectivity index (χ3v) is 3.03. The Labute approximate surface area is 86.3 Å². The van der Waals surface area contributed by atoms with E-state index >= 15 is 0 Å². The Morgan fingerprint density at radius 3 is 3.21 bits per heavy atom. The second kappa shape index (κ2) is 3.98. The van der Waals surface area contributed by atoms with Crippen molar-refractivity contribution in [3.8, 4) is 0 Å². The van der Waals surface area contributed by atoms with Crippen molar-refractivity contribution in [1.29, 1.82) is 0 Å². The third-order valence-electron chi connectivity index (χ3n) is 2.13. The van der Waals surface area contributed by atoms with Crippen molar-refractivity contribution in [2.75, 3.05) is 18.0 Å². The largest absolute Gasteiger partial charge is 0.444 e. The average Bonchev–Trinajstić information content (AvgIpc) is 2.74. The molecule has 1 saturated heterocycles. The smallest absolute Gasteiger partial charge is 0.415 e. The zero-order chi connectivity index (χ0) is 9.97.